The van der Waals surface area contributed by atoms with E-state index in [-0.39, 0.29) is 12.0 Å². The van der Waals surface area contributed by atoms with Crippen LogP contribution in [0.2, 0.25) is 0 Å². The van der Waals surface area contributed by atoms with E-state index >= 15 is 0 Å². The zero-order chi connectivity index (χ0) is 13.8. The monoisotopic (exact) mass is 279 g/mol. The molecular formula is C13H17N3O2S. The number of carbonyl (C=O) groups excluding carboxylic acids is 1. The number of ether oxygens (including phenoxy) is 1. The minimum absolute atomic E-state index is 0.0311. The summed E-state index contributed by atoms with van der Waals surface area (Å²) in [6.07, 6.45) is 1.86. The number of esters is 1. The van der Waals surface area contributed by atoms with Gasteiger partial charge >= 0.3 is 5.97 Å². The van der Waals surface area contributed by atoms with E-state index in [0.29, 0.717) is 13.0 Å². The Hall–Kier alpha value is -1.69. The van der Waals surface area contributed by atoms with Crippen molar-refractivity contribution in [3.05, 3.63) is 17.3 Å². The SMILES string of the molecule is CCOC(=O)CC(C)Nc1ncnc2scc(C)c12. The largest absolute Gasteiger partial charge is 0.466 e. The summed E-state index contributed by atoms with van der Waals surface area (Å²) in [6.45, 7) is 6.18. The van der Waals surface area contributed by atoms with Crippen LogP contribution in [-0.2, 0) is 9.53 Å². The summed E-state index contributed by atoms with van der Waals surface area (Å²) in [4.78, 5) is 20.9. The number of anilines is 1. The lowest BCUT2D eigenvalue weighted by molar-refractivity contribution is -0.143. The number of aryl methyl sites for hydroxylation is 1. The van der Waals surface area contributed by atoms with Gasteiger partial charge in [-0.1, -0.05) is 0 Å². The Kier molecular flexibility index (Phi) is 4.31. The summed E-state index contributed by atoms with van der Waals surface area (Å²) in [6, 6.07) is -0.0311. The third kappa shape index (κ3) is 3.20. The van der Waals surface area contributed by atoms with Gasteiger partial charge < -0.3 is 10.1 Å². The summed E-state index contributed by atoms with van der Waals surface area (Å²) < 4.78 is 4.94. The number of nitrogens with zero attached hydrogens (tertiary/aromatic N) is 2. The lowest BCUT2D eigenvalue weighted by Crippen LogP contribution is -2.21. The molecule has 0 aliphatic heterocycles. The van der Waals surface area contributed by atoms with Crippen LogP contribution in [0.1, 0.15) is 25.8 Å². The van der Waals surface area contributed by atoms with Gasteiger partial charge in [-0.25, -0.2) is 9.97 Å². The van der Waals surface area contributed by atoms with E-state index in [9.17, 15) is 4.79 Å². The smallest absolute Gasteiger partial charge is 0.307 e. The molecule has 0 radical (unpaired) electrons. The molecule has 0 aliphatic carbocycles. The van der Waals surface area contributed by atoms with E-state index in [0.717, 1.165) is 21.6 Å². The van der Waals surface area contributed by atoms with Gasteiger partial charge in [0.05, 0.1) is 18.4 Å². The Bertz CT molecular complexity index is 582. The number of hydrogen-bond donors (Lipinski definition) is 1. The summed E-state index contributed by atoms with van der Waals surface area (Å²) in [7, 11) is 0. The molecule has 1 atom stereocenters. The molecule has 19 heavy (non-hydrogen) atoms. The minimum Gasteiger partial charge on any atom is -0.466 e. The molecule has 0 fully saturated rings. The zero-order valence-corrected chi connectivity index (χ0v) is 12.1. The van der Waals surface area contributed by atoms with Crippen molar-refractivity contribution in [1.29, 1.82) is 0 Å². The molecule has 0 spiro atoms. The maximum atomic E-state index is 11.4. The maximum absolute atomic E-state index is 11.4. The second-order valence-electron chi connectivity index (χ2n) is 4.38. The number of nitrogens with one attached hydrogen (secondary N) is 1. The van der Waals surface area contributed by atoms with Gasteiger partial charge in [0.2, 0.25) is 0 Å². The highest BCUT2D eigenvalue weighted by Crippen LogP contribution is 2.28. The van der Waals surface area contributed by atoms with Gasteiger partial charge in [-0.2, -0.15) is 0 Å². The topological polar surface area (TPSA) is 64.1 Å². The highest BCUT2D eigenvalue weighted by Gasteiger charge is 2.13. The quantitative estimate of drug-likeness (QED) is 0.853. The van der Waals surface area contributed by atoms with Crippen LogP contribution in [0.5, 0.6) is 0 Å². The van der Waals surface area contributed by atoms with Crippen LogP contribution in [0.3, 0.4) is 0 Å². The van der Waals surface area contributed by atoms with Crippen LogP contribution in [0, 0.1) is 6.92 Å². The van der Waals surface area contributed by atoms with Gasteiger partial charge in [-0.05, 0) is 31.7 Å². The molecular weight excluding hydrogens is 262 g/mol. The molecule has 0 saturated carbocycles. The zero-order valence-electron chi connectivity index (χ0n) is 11.3. The normalized spacial score (nSPS) is 12.4. The predicted octanol–water partition coefficient (Wildman–Crippen LogP) is 2.75. The second kappa shape index (κ2) is 5.97. The predicted molar refractivity (Wildman–Crippen MR) is 76.5 cm³/mol. The van der Waals surface area contributed by atoms with E-state index in [1.807, 2.05) is 13.8 Å². The van der Waals surface area contributed by atoms with Crippen molar-refractivity contribution in [2.75, 3.05) is 11.9 Å². The minimum atomic E-state index is -0.199. The fraction of sp³-hybridized carbons (Fsp3) is 0.462. The standard InChI is InChI=1S/C13H17N3O2S/c1-4-18-10(17)5-9(3)16-12-11-8(2)6-19-13(11)15-7-14-12/h6-7,9H,4-5H2,1-3H3,(H,14,15,16). The van der Waals surface area contributed by atoms with Crippen molar-refractivity contribution in [1.82, 2.24) is 9.97 Å². The summed E-state index contributed by atoms with van der Waals surface area (Å²) in [5, 5.41) is 6.34. The van der Waals surface area contributed by atoms with Crippen LogP contribution < -0.4 is 5.32 Å². The Labute approximate surface area is 116 Å². The molecule has 2 aromatic rings. The fourth-order valence-electron chi connectivity index (χ4n) is 1.88. The third-order valence-corrected chi connectivity index (χ3v) is 3.72. The molecule has 102 valence electrons. The number of fused-ring (bicyclic) bond motifs is 1. The Morgan fingerprint density at radius 1 is 1.53 bits per heavy atom. The number of carbonyl (C=O) groups is 1. The van der Waals surface area contributed by atoms with Gasteiger partial charge in [0.25, 0.3) is 0 Å². The Balaban J connectivity index is 2.12. The molecule has 0 aromatic carbocycles. The van der Waals surface area contributed by atoms with E-state index in [2.05, 4.69) is 20.7 Å². The molecule has 2 heterocycles. The average molecular weight is 279 g/mol. The van der Waals surface area contributed by atoms with Crippen LogP contribution in [0.15, 0.2) is 11.7 Å². The molecule has 6 heteroatoms. The summed E-state index contributed by atoms with van der Waals surface area (Å²) >= 11 is 1.59. The van der Waals surface area contributed by atoms with Crippen molar-refractivity contribution >= 4 is 33.3 Å². The Morgan fingerprint density at radius 2 is 2.32 bits per heavy atom. The van der Waals surface area contributed by atoms with E-state index in [1.165, 1.54) is 6.33 Å². The molecule has 1 unspecified atom stereocenters. The lowest BCUT2D eigenvalue weighted by atomic mass is 10.2. The van der Waals surface area contributed by atoms with E-state index in [1.54, 1.807) is 18.3 Å². The number of aromatic nitrogens is 2. The van der Waals surface area contributed by atoms with E-state index < -0.39 is 0 Å². The molecule has 0 amide bonds. The van der Waals surface area contributed by atoms with Crippen molar-refractivity contribution in [3.8, 4) is 0 Å². The molecule has 0 bridgehead atoms. The van der Waals surface area contributed by atoms with Crippen LogP contribution in [-0.4, -0.2) is 28.6 Å². The number of hydrogen-bond acceptors (Lipinski definition) is 6. The Morgan fingerprint density at radius 3 is 3.05 bits per heavy atom. The van der Waals surface area contributed by atoms with Gasteiger partial charge in [-0.3, -0.25) is 4.79 Å². The number of thiophene rings is 1. The van der Waals surface area contributed by atoms with Crippen molar-refractivity contribution < 1.29 is 9.53 Å². The van der Waals surface area contributed by atoms with Crippen LogP contribution >= 0.6 is 11.3 Å². The highest BCUT2D eigenvalue weighted by atomic mass is 32.1. The van der Waals surface area contributed by atoms with Crippen molar-refractivity contribution in [2.45, 2.75) is 33.2 Å². The number of rotatable bonds is 5. The first-order valence-electron chi connectivity index (χ1n) is 6.22. The summed E-state index contributed by atoms with van der Waals surface area (Å²) in [5.41, 5.74) is 1.14. The maximum Gasteiger partial charge on any atom is 0.307 e. The van der Waals surface area contributed by atoms with Crippen LogP contribution in [0.25, 0.3) is 10.2 Å². The molecule has 2 rings (SSSR count). The molecule has 1 N–H and O–H groups in total. The third-order valence-electron chi connectivity index (χ3n) is 2.72. The van der Waals surface area contributed by atoms with Crippen LogP contribution in [0.4, 0.5) is 5.82 Å². The van der Waals surface area contributed by atoms with E-state index in [4.69, 9.17) is 4.74 Å². The second-order valence-corrected chi connectivity index (χ2v) is 5.23. The van der Waals surface area contributed by atoms with Crippen molar-refractivity contribution in [2.24, 2.45) is 0 Å². The van der Waals surface area contributed by atoms with Crippen molar-refractivity contribution in [3.63, 3.8) is 0 Å². The van der Waals surface area contributed by atoms with Gasteiger partial charge in [0.15, 0.2) is 0 Å². The first kappa shape index (κ1) is 13.7. The lowest BCUT2D eigenvalue weighted by Gasteiger charge is -2.14. The molecule has 2 aromatic heterocycles. The van der Waals surface area contributed by atoms with Gasteiger partial charge in [-0.15, -0.1) is 11.3 Å². The molecule has 5 nitrogen and oxygen atoms in total. The first-order chi connectivity index (χ1) is 9.11. The fourth-order valence-corrected chi connectivity index (χ4v) is 2.77. The summed E-state index contributed by atoms with van der Waals surface area (Å²) in [5.74, 6) is 0.579. The first-order valence-corrected chi connectivity index (χ1v) is 7.10. The van der Waals surface area contributed by atoms with Gasteiger partial charge in [0, 0.05) is 6.04 Å². The molecule has 0 aliphatic rings. The van der Waals surface area contributed by atoms with Gasteiger partial charge in [0.1, 0.15) is 17.0 Å². The highest BCUT2D eigenvalue weighted by molar-refractivity contribution is 7.17. The molecule has 0 saturated heterocycles. The average Bonchev–Trinajstić information content (AvgIpc) is 2.72.